The summed E-state index contributed by atoms with van der Waals surface area (Å²) in [6, 6.07) is 1.71. The van der Waals surface area contributed by atoms with Crippen molar-refractivity contribution in [1.29, 1.82) is 0 Å². The van der Waals surface area contributed by atoms with E-state index in [1.54, 1.807) is 6.07 Å². The number of amides is 1. The number of aliphatic hydroxyl groups is 1. The molecule has 0 aliphatic heterocycles. The van der Waals surface area contributed by atoms with Gasteiger partial charge in [0.05, 0.1) is 6.10 Å². The topological polar surface area (TPSA) is 75.4 Å². The molecule has 1 saturated carbocycles. The lowest BCUT2D eigenvalue weighted by atomic mass is 10.2. The first-order valence-electron chi connectivity index (χ1n) is 6.13. The van der Waals surface area contributed by atoms with Gasteiger partial charge in [-0.3, -0.25) is 4.79 Å². The van der Waals surface area contributed by atoms with Crippen LogP contribution in [-0.2, 0) is 0 Å². The molecule has 1 fully saturated rings. The third-order valence-electron chi connectivity index (χ3n) is 2.98. The van der Waals surface area contributed by atoms with Crippen molar-refractivity contribution in [3.8, 4) is 0 Å². The fourth-order valence-corrected chi connectivity index (χ4v) is 1.60. The first-order valence-corrected chi connectivity index (χ1v) is 6.13. The zero-order valence-electron chi connectivity index (χ0n) is 9.98. The van der Waals surface area contributed by atoms with Crippen molar-refractivity contribution in [2.24, 2.45) is 0 Å². The summed E-state index contributed by atoms with van der Waals surface area (Å²) in [5.41, 5.74) is 0.331. The van der Waals surface area contributed by atoms with Crippen molar-refractivity contribution in [3.05, 3.63) is 17.5 Å². The van der Waals surface area contributed by atoms with Crippen LogP contribution in [0.5, 0.6) is 0 Å². The van der Waals surface area contributed by atoms with Crippen LogP contribution < -0.4 is 5.32 Å². The summed E-state index contributed by atoms with van der Waals surface area (Å²) >= 11 is 0. The highest BCUT2D eigenvalue weighted by Gasteiger charge is 2.28. The third-order valence-corrected chi connectivity index (χ3v) is 2.98. The van der Waals surface area contributed by atoms with E-state index in [4.69, 9.17) is 4.52 Å². The average Bonchev–Trinajstić information content (AvgIpc) is 3.06. The summed E-state index contributed by atoms with van der Waals surface area (Å²) in [5, 5.41) is 15.8. The minimum absolute atomic E-state index is 0.232. The second-order valence-electron chi connectivity index (χ2n) is 4.50. The van der Waals surface area contributed by atoms with Gasteiger partial charge in [0.1, 0.15) is 5.76 Å². The molecule has 5 heteroatoms. The second-order valence-corrected chi connectivity index (χ2v) is 4.50. The molecular weight excluding hydrogens is 220 g/mol. The first kappa shape index (κ1) is 12.1. The maximum Gasteiger partial charge on any atom is 0.273 e. The zero-order chi connectivity index (χ0) is 12.3. The molecular formula is C12H18N2O3. The smallest absolute Gasteiger partial charge is 0.273 e. The van der Waals surface area contributed by atoms with E-state index in [2.05, 4.69) is 10.5 Å². The number of rotatable bonds is 6. The van der Waals surface area contributed by atoms with Gasteiger partial charge in [-0.15, -0.1) is 0 Å². The van der Waals surface area contributed by atoms with E-state index < -0.39 is 0 Å². The van der Waals surface area contributed by atoms with Crippen LogP contribution in [0.2, 0.25) is 0 Å². The largest absolute Gasteiger partial charge is 0.393 e. The van der Waals surface area contributed by atoms with E-state index in [1.165, 1.54) is 0 Å². The van der Waals surface area contributed by atoms with Crippen molar-refractivity contribution in [2.45, 2.75) is 44.6 Å². The highest BCUT2D eigenvalue weighted by molar-refractivity contribution is 5.92. The Morgan fingerprint density at radius 1 is 1.71 bits per heavy atom. The van der Waals surface area contributed by atoms with Crippen molar-refractivity contribution in [3.63, 3.8) is 0 Å². The molecule has 0 aromatic carbocycles. The van der Waals surface area contributed by atoms with Crippen molar-refractivity contribution >= 4 is 5.91 Å². The molecule has 94 valence electrons. The quantitative estimate of drug-likeness (QED) is 0.786. The maximum absolute atomic E-state index is 11.7. The van der Waals surface area contributed by atoms with E-state index in [-0.39, 0.29) is 12.0 Å². The van der Waals surface area contributed by atoms with Crippen LogP contribution in [0.15, 0.2) is 10.6 Å². The zero-order valence-corrected chi connectivity index (χ0v) is 9.98. The summed E-state index contributed by atoms with van der Waals surface area (Å²) < 4.78 is 5.10. The summed E-state index contributed by atoms with van der Waals surface area (Å²) in [6.07, 6.45) is 3.16. The molecule has 0 saturated heterocycles. The highest BCUT2D eigenvalue weighted by atomic mass is 16.5. The van der Waals surface area contributed by atoms with Gasteiger partial charge >= 0.3 is 0 Å². The van der Waals surface area contributed by atoms with E-state index in [9.17, 15) is 9.90 Å². The molecule has 1 aliphatic rings. The number of hydrogen-bond acceptors (Lipinski definition) is 4. The van der Waals surface area contributed by atoms with Gasteiger partial charge in [0.2, 0.25) is 0 Å². The third kappa shape index (κ3) is 3.30. The lowest BCUT2D eigenvalue weighted by Gasteiger charge is -2.07. The number of nitrogens with zero attached hydrogens (tertiary/aromatic N) is 1. The van der Waals surface area contributed by atoms with E-state index in [0.29, 0.717) is 31.0 Å². The molecule has 1 amide bonds. The Bertz CT molecular complexity index is 385. The van der Waals surface area contributed by atoms with Crippen molar-refractivity contribution in [2.75, 3.05) is 6.54 Å². The molecule has 1 atom stereocenters. The SMILES string of the molecule is CCC(O)CCNC(=O)c1cc(C2CC2)on1. The highest BCUT2D eigenvalue weighted by Crippen LogP contribution is 2.40. The molecule has 2 rings (SSSR count). The molecule has 2 N–H and O–H groups in total. The van der Waals surface area contributed by atoms with Crippen molar-refractivity contribution < 1.29 is 14.4 Å². The number of carbonyl (C=O) groups is 1. The number of aliphatic hydroxyl groups excluding tert-OH is 1. The Kier molecular flexibility index (Phi) is 3.78. The molecule has 0 bridgehead atoms. The van der Waals surface area contributed by atoms with Gasteiger partial charge in [0.15, 0.2) is 5.69 Å². The lowest BCUT2D eigenvalue weighted by Crippen LogP contribution is -2.27. The molecule has 17 heavy (non-hydrogen) atoms. The Labute approximate surface area is 100 Å². The van der Waals surface area contributed by atoms with Crippen LogP contribution >= 0.6 is 0 Å². The predicted molar refractivity (Wildman–Crippen MR) is 61.7 cm³/mol. The van der Waals surface area contributed by atoms with Gasteiger partial charge in [-0.1, -0.05) is 12.1 Å². The fourth-order valence-electron chi connectivity index (χ4n) is 1.60. The van der Waals surface area contributed by atoms with Crippen LogP contribution in [0.1, 0.15) is 54.8 Å². The summed E-state index contributed by atoms with van der Waals surface area (Å²) in [7, 11) is 0. The molecule has 1 unspecified atom stereocenters. The van der Waals surface area contributed by atoms with E-state index in [0.717, 1.165) is 18.6 Å². The second kappa shape index (κ2) is 5.31. The average molecular weight is 238 g/mol. The predicted octanol–water partition coefficient (Wildman–Crippen LogP) is 1.44. The Hall–Kier alpha value is -1.36. The number of carbonyl (C=O) groups excluding carboxylic acids is 1. The lowest BCUT2D eigenvalue weighted by molar-refractivity contribution is 0.0933. The van der Waals surface area contributed by atoms with Crippen LogP contribution in [0.4, 0.5) is 0 Å². The molecule has 1 aromatic heterocycles. The Morgan fingerprint density at radius 2 is 2.47 bits per heavy atom. The van der Waals surface area contributed by atoms with Gasteiger partial charge in [-0.05, 0) is 25.7 Å². The van der Waals surface area contributed by atoms with Gasteiger partial charge in [0, 0.05) is 18.5 Å². The summed E-state index contributed by atoms with van der Waals surface area (Å²) in [5.74, 6) is 1.04. The van der Waals surface area contributed by atoms with Gasteiger partial charge in [0.25, 0.3) is 5.91 Å². The molecule has 5 nitrogen and oxygen atoms in total. The normalized spacial score (nSPS) is 16.8. The fraction of sp³-hybridized carbons (Fsp3) is 0.667. The molecule has 0 spiro atoms. The van der Waals surface area contributed by atoms with Gasteiger partial charge in [-0.25, -0.2) is 0 Å². The molecule has 0 radical (unpaired) electrons. The molecule has 1 heterocycles. The van der Waals surface area contributed by atoms with Crippen LogP contribution in [0.3, 0.4) is 0 Å². The van der Waals surface area contributed by atoms with E-state index >= 15 is 0 Å². The number of nitrogens with one attached hydrogen (secondary N) is 1. The summed E-state index contributed by atoms with van der Waals surface area (Å²) in [4.78, 5) is 11.7. The minimum atomic E-state index is -0.352. The van der Waals surface area contributed by atoms with Crippen molar-refractivity contribution in [1.82, 2.24) is 10.5 Å². The summed E-state index contributed by atoms with van der Waals surface area (Å²) in [6.45, 7) is 2.37. The van der Waals surface area contributed by atoms with E-state index in [1.807, 2.05) is 6.92 Å². The Morgan fingerprint density at radius 3 is 3.12 bits per heavy atom. The monoisotopic (exact) mass is 238 g/mol. The molecule has 1 aromatic rings. The van der Waals surface area contributed by atoms with Crippen LogP contribution in [-0.4, -0.2) is 28.8 Å². The van der Waals surface area contributed by atoms with Crippen LogP contribution in [0.25, 0.3) is 0 Å². The first-order chi connectivity index (χ1) is 8.20. The van der Waals surface area contributed by atoms with Crippen LogP contribution in [0, 0.1) is 0 Å². The Balaban J connectivity index is 1.78. The molecule has 1 aliphatic carbocycles. The number of aromatic nitrogens is 1. The minimum Gasteiger partial charge on any atom is -0.393 e. The standard InChI is InChI=1S/C12H18N2O3/c1-2-9(15)5-6-13-12(16)10-7-11(17-14-10)8-3-4-8/h7-9,15H,2-6H2,1H3,(H,13,16). The van der Waals surface area contributed by atoms with Gasteiger partial charge < -0.3 is 14.9 Å². The maximum atomic E-state index is 11.7. The number of hydrogen-bond donors (Lipinski definition) is 2. The van der Waals surface area contributed by atoms with Gasteiger partial charge in [-0.2, -0.15) is 0 Å².